The summed E-state index contributed by atoms with van der Waals surface area (Å²) in [5, 5.41) is 12.6. The van der Waals surface area contributed by atoms with E-state index >= 15 is 0 Å². The number of rotatable bonds is 6. The fourth-order valence-electron chi connectivity index (χ4n) is 2.00. The number of hydrogen-bond donors (Lipinski definition) is 3. The molecule has 19 heavy (non-hydrogen) atoms. The summed E-state index contributed by atoms with van der Waals surface area (Å²) < 4.78 is 0. The number of amides is 1. The fraction of sp³-hybridized carbons (Fsp3) is 0.533. The van der Waals surface area contributed by atoms with Crippen LogP contribution in [0.3, 0.4) is 0 Å². The van der Waals surface area contributed by atoms with E-state index in [1.807, 2.05) is 12.1 Å². The number of nitrogens with one attached hydrogen (secondary N) is 1. The number of aliphatic hydroxyl groups excluding tert-OH is 1. The number of carbonyl (C=O) groups excluding carboxylic acids is 1. The van der Waals surface area contributed by atoms with Crippen molar-refractivity contribution in [3.63, 3.8) is 0 Å². The maximum Gasteiger partial charge on any atom is 0.248 e. The SMILES string of the molecule is CC(C)(C)C(CCO)NCc1ccc(C(N)=O)cc1. The van der Waals surface area contributed by atoms with Gasteiger partial charge in [0.15, 0.2) is 0 Å². The van der Waals surface area contributed by atoms with E-state index in [0.29, 0.717) is 12.1 Å². The molecule has 0 aliphatic carbocycles. The largest absolute Gasteiger partial charge is 0.396 e. The number of nitrogens with two attached hydrogens (primary N) is 1. The minimum absolute atomic E-state index is 0.0931. The molecule has 1 rings (SSSR count). The quantitative estimate of drug-likeness (QED) is 0.731. The average Bonchev–Trinajstić information content (AvgIpc) is 2.33. The van der Waals surface area contributed by atoms with Gasteiger partial charge in [0, 0.05) is 24.8 Å². The van der Waals surface area contributed by atoms with Crippen LogP contribution in [0.1, 0.15) is 43.1 Å². The van der Waals surface area contributed by atoms with Gasteiger partial charge in [-0.15, -0.1) is 0 Å². The van der Waals surface area contributed by atoms with Crippen molar-refractivity contribution < 1.29 is 9.90 Å². The highest BCUT2D eigenvalue weighted by molar-refractivity contribution is 5.92. The first kappa shape index (κ1) is 15.7. The highest BCUT2D eigenvalue weighted by Gasteiger charge is 2.23. The Labute approximate surface area is 115 Å². The molecule has 1 aromatic carbocycles. The zero-order chi connectivity index (χ0) is 14.5. The molecule has 0 radical (unpaired) electrons. The van der Waals surface area contributed by atoms with Crippen molar-refractivity contribution >= 4 is 5.91 Å². The fourth-order valence-corrected chi connectivity index (χ4v) is 2.00. The molecule has 106 valence electrons. The third-order valence-electron chi connectivity index (χ3n) is 3.25. The van der Waals surface area contributed by atoms with E-state index in [2.05, 4.69) is 26.1 Å². The van der Waals surface area contributed by atoms with Crippen molar-refractivity contribution in [3.05, 3.63) is 35.4 Å². The van der Waals surface area contributed by atoms with Crippen molar-refractivity contribution in [1.29, 1.82) is 0 Å². The molecule has 1 aromatic rings. The molecule has 4 heteroatoms. The summed E-state index contributed by atoms with van der Waals surface area (Å²) in [7, 11) is 0. The monoisotopic (exact) mass is 264 g/mol. The Morgan fingerprint density at radius 1 is 1.32 bits per heavy atom. The van der Waals surface area contributed by atoms with Gasteiger partial charge in [-0.3, -0.25) is 4.79 Å². The van der Waals surface area contributed by atoms with E-state index in [-0.39, 0.29) is 18.1 Å². The molecular weight excluding hydrogens is 240 g/mol. The summed E-state index contributed by atoms with van der Waals surface area (Å²) in [5.74, 6) is -0.410. The van der Waals surface area contributed by atoms with Gasteiger partial charge < -0.3 is 16.2 Å². The summed E-state index contributed by atoms with van der Waals surface area (Å²) in [5.41, 5.74) is 6.91. The molecule has 0 aliphatic heterocycles. The highest BCUT2D eigenvalue weighted by atomic mass is 16.3. The van der Waals surface area contributed by atoms with Crippen LogP contribution in [0.15, 0.2) is 24.3 Å². The van der Waals surface area contributed by atoms with Gasteiger partial charge in [-0.25, -0.2) is 0 Å². The van der Waals surface area contributed by atoms with Crippen LogP contribution in [0.2, 0.25) is 0 Å². The number of hydrogen-bond acceptors (Lipinski definition) is 3. The summed E-state index contributed by atoms with van der Waals surface area (Å²) in [6.07, 6.45) is 0.725. The van der Waals surface area contributed by atoms with Crippen LogP contribution in [0, 0.1) is 5.41 Å². The number of carbonyl (C=O) groups is 1. The molecule has 1 atom stereocenters. The Morgan fingerprint density at radius 3 is 2.32 bits per heavy atom. The van der Waals surface area contributed by atoms with Gasteiger partial charge in [-0.2, -0.15) is 0 Å². The third-order valence-corrected chi connectivity index (χ3v) is 3.25. The lowest BCUT2D eigenvalue weighted by Gasteiger charge is -2.31. The van der Waals surface area contributed by atoms with Gasteiger partial charge in [0.05, 0.1) is 0 Å². The predicted molar refractivity (Wildman–Crippen MR) is 76.7 cm³/mol. The lowest BCUT2D eigenvalue weighted by molar-refractivity contribution is 0.100. The van der Waals surface area contributed by atoms with Gasteiger partial charge in [0.1, 0.15) is 0 Å². The average molecular weight is 264 g/mol. The predicted octanol–water partition coefficient (Wildman–Crippen LogP) is 1.67. The normalized spacial score (nSPS) is 13.3. The van der Waals surface area contributed by atoms with E-state index in [0.717, 1.165) is 12.0 Å². The van der Waals surface area contributed by atoms with Crippen molar-refractivity contribution in [1.82, 2.24) is 5.32 Å². The molecule has 0 aromatic heterocycles. The standard InChI is InChI=1S/C15H24N2O2/c1-15(2,3)13(8-9-18)17-10-11-4-6-12(7-5-11)14(16)19/h4-7,13,17-18H,8-10H2,1-3H3,(H2,16,19). The Hall–Kier alpha value is -1.39. The molecule has 0 saturated carbocycles. The molecule has 1 amide bonds. The van der Waals surface area contributed by atoms with Crippen LogP contribution < -0.4 is 11.1 Å². The van der Waals surface area contributed by atoms with Crippen LogP contribution in [0.25, 0.3) is 0 Å². The number of aliphatic hydroxyl groups is 1. The van der Waals surface area contributed by atoms with Crippen molar-refractivity contribution in [3.8, 4) is 0 Å². The second kappa shape index (κ2) is 6.68. The minimum atomic E-state index is -0.410. The van der Waals surface area contributed by atoms with E-state index in [1.165, 1.54) is 0 Å². The van der Waals surface area contributed by atoms with Crippen LogP contribution >= 0.6 is 0 Å². The maximum atomic E-state index is 11.0. The van der Waals surface area contributed by atoms with Crippen molar-refractivity contribution in [2.45, 2.75) is 39.8 Å². The molecule has 0 spiro atoms. The Kier molecular flexibility index (Phi) is 5.51. The highest BCUT2D eigenvalue weighted by Crippen LogP contribution is 2.22. The van der Waals surface area contributed by atoms with Crippen molar-refractivity contribution in [2.75, 3.05) is 6.61 Å². The summed E-state index contributed by atoms with van der Waals surface area (Å²) in [6, 6.07) is 7.50. The van der Waals surface area contributed by atoms with Crippen LogP contribution in [0.4, 0.5) is 0 Å². The summed E-state index contributed by atoms with van der Waals surface area (Å²) >= 11 is 0. The number of benzene rings is 1. The van der Waals surface area contributed by atoms with Crippen LogP contribution in [0.5, 0.6) is 0 Å². The molecule has 0 bridgehead atoms. The lowest BCUT2D eigenvalue weighted by atomic mass is 9.85. The van der Waals surface area contributed by atoms with E-state index in [4.69, 9.17) is 10.8 Å². The molecule has 0 aliphatic rings. The second-order valence-corrected chi connectivity index (χ2v) is 5.87. The molecule has 4 nitrogen and oxygen atoms in total. The third kappa shape index (κ3) is 5.01. The maximum absolute atomic E-state index is 11.0. The first-order chi connectivity index (χ1) is 8.84. The van der Waals surface area contributed by atoms with Crippen LogP contribution in [-0.4, -0.2) is 23.7 Å². The second-order valence-electron chi connectivity index (χ2n) is 5.87. The van der Waals surface area contributed by atoms with Gasteiger partial charge in [0.2, 0.25) is 5.91 Å². The van der Waals surface area contributed by atoms with Gasteiger partial charge >= 0.3 is 0 Å². The van der Waals surface area contributed by atoms with Gasteiger partial charge in [-0.1, -0.05) is 32.9 Å². The first-order valence-electron chi connectivity index (χ1n) is 6.57. The lowest BCUT2D eigenvalue weighted by Crippen LogP contribution is -2.40. The van der Waals surface area contributed by atoms with E-state index in [9.17, 15) is 4.79 Å². The topological polar surface area (TPSA) is 75.3 Å². The molecule has 0 heterocycles. The Balaban J connectivity index is 2.61. The first-order valence-corrected chi connectivity index (χ1v) is 6.57. The summed E-state index contributed by atoms with van der Waals surface area (Å²) in [6.45, 7) is 7.33. The molecule has 1 unspecified atom stereocenters. The molecule has 4 N–H and O–H groups in total. The minimum Gasteiger partial charge on any atom is -0.396 e. The Bertz CT molecular complexity index is 407. The van der Waals surface area contributed by atoms with Crippen molar-refractivity contribution in [2.24, 2.45) is 11.1 Å². The van der Waals surface area contributed by atoms with Crippen LogP contribution in [-0.2, 0) is 6.54 Å². The zero-order valence-electron chi connectivity index (χ0n) is 11.9. The zero-order valence-corrected chi connectivity index (χ0v) is 11.9. The van der Waals surface area contributed by atoms with Gasteiger partial charge in [0.25, 0.3) is 0 Å². The van der Waals surface area contributed by atoms with Gasteiger partial charge in [-0.05, 0) is 29.5 Å². The van der Waals surface area contributed by atoms with E-state index in [1.54, 1.807) is 12.1 Å². The summed E-state index contributed by atoms with van der Waals surface area (Å²) in [4.78, 5) is 11.0. The molecule has 0 saturated heterocycles. The Morgan fingerprint density at radius 2 is 1.89 bits per heavy atom. The number of primary amides is 1. The smallest absolute Gasteiger partial charge is 0.248 e. The van der Waals surface area contributed by atoms with E-state index < -0.39 is 5.91 Å². The molecule has 0 fully saturated rings. The molecular formula is C15H24N2O2.